The SMILES string of the molecule is CC1(C(O)c2ccc(C(F)(F)F)nc2Cl)CCCO1. The number of hydrogen-bond donors (Lipinski definition) is 1. The van der Waals surface area contributed by atoms with Gasteiger partial charge in [0.2, 0.25) is 0 Å². The van der Waals surface area contributed by atoms with Crippen molar-refractivity contribution in [2.24, 2.45) is 0 Å². The highest BCUT2D eigenvalue weighted by Crippen LogP contribution is 2.40. The van der Waals surface area contributed by atoms with Crippen LogP contribution in [0.5, 0.6) is 0 Å². The Balaban J connectivity index is 2.31. The molecular weight excluding hydrogens is 283 g/mol. The highest BCUT2D eigenvalue weighted by atomic mass is 35.5. The van der Waals surface area contributed by atoms with Crippen LogP contribution in [0, 0.1) is 0 Å². The number of aromatic nitrogens is 1. The second kappa shape index (κ2) is 4.92. The summed E-state index contributed by atoms with van der Waals surface area (Å²) in [6.07, 6.45) is -4.25. The molecule has 2 heterocycles. The van der Waals surface area contributed by atoms with E-state index < -0.39 is 23.6 Å². The van der Waals surface area contributed by atoms with Crippen LogP contribution in [0.25, 0.3) is 0 Å². The van der Waals surface area contributed by atoms with Crippen LogP contribution in [0.2, 0.25) is 5.15 Å². The molecule has 1 N–H and O–H groups in total. The van der Waals surface area contributed by atoms with Crippen LogP contribution in [0.15, 0.2) is 12.1 Å². The summed E-state index contributed by atoms with van der Waals surface area (Å²) < 4.78 is 42.9. The molecule has 1 saturated heterocycles. The number of alkyl halides is 3. The zero-order valence-corrected chi connectivity index (χ0v) is 10.9. The van der Waals surface area contributed by atoms with Gasteiger partial charge >= 0.3 is 6.18 Å². The van der Waals surface area contributed by atoms with Crippen LogP contribution in [-0.2, 0) is 10.9 Å². The molecular formula is C12H13ClF3NO2. The molecule has 1 aliphatic rings. The van der Waals surface area contributed by atoms with Crippen LogP contribution in [0.3, 0.4) is 0 Å². The first-order valence-corrected chi connectivity index (χ1v) is 6.17. The third-order valence-corrected chi connectivity index (χ3v) is 3.59. The summed E-state index contributed by atoms with van der Waals surface area (Å²) in [4.78, 5) is 3.29. The molecule has 1 aromatic rings. The second-order valence-corrected chi connectivity index (χ2v) is 5.10. The number of pyridine rings is 1. The molecule has 1 aliphatic heterocycles. The van der Waals surface area contributed by atoms with E-state index in [1.807, 2.05) is 0 Å². The Morgan fingerprint density at radius 2 is 2.16 bits per heavy atom. The summed E-state index contributed by atoms with van der Waals surface area (Å²) in [5.74, 6) is 0. The number of rotatable bonds is 2. The van der Waals surface area contributed by atoms with E-state index in [1.165, 1.54) is 0 Å². The zero-order chi connectivity index (χ0) is 14.3. The van der Waals surface area contributed by atoms with Gasteiger partial charge < -0.3 is 9.84 Å². The van der Waals surface area contributed by atoms with Crippen molar-refractivity contribution < 1.29 is 23.0 Å². The molecule has 19 heavy (non-hydrogen) atoms. The van der Waals surface area contributed by atoms with Gasteiger partial charge in [0, 0.05) is 12.2 Å². The monoisotopic (exact) mass is 295 g/mol. The number of halogens is 4. The van der Waals surface area contributed by atoms with Gasteiger partial charge in [-0.25, -0.2) is 4.98 Å². The molecule has 106 valence electrons. The van der Waals surface area contributed by atoms with Gasteiger partial charge in [-0.05, 0) is 25.8 Å². The molecule has 0 amide bonds. The van der Waals surface area contributed by atoms with Gasteiger partial charge in [-0.15, -0.1) is 0 Å². The molecule has 0 bridgehead atoms. The van der Waals surface area contributed by atoms with E-state index >= 15 is 0 Å². The fourth-order valence-electron chi connectivity index (χ4n) is 2.15. The standard InChI is InChI=1S/C12H13ClF3NO2/c1-11(5-2-6-19-11)9(18)7-3-4-8(12(14,15)16)17-10(7)13/h3-4,9,18H,2,5-6H2,1H3. The molecule has 0 aliphatic carbocycles. The molecule has 0 saturated carbocycles. The molecule has 0 aromatic carbocycles. The average molecular weight is 296 g/mol. The van der Waals surface area contributed by atoms with Crippen molar-refractivity contribution >= 4 is 11.6 Å². The van der Waals surface area contributed by atoms with Gasteiger partial charge in [0.25, 0.3) is 0 Å². The van der Waals surface area contributed by atoms with Crippen LogP contribution < -0.4 is 0 Å². The summed E-state index contributed by atoms with van der Waals surface area (Å²) in [6, 6.07) is 1.96. The maximum absolute atomic E-state index is 12.5. The smallest absolute Gasteiger partial charge is 0.385 e. The Morgan fingerprint density at radius 1 is 1.47 bits per heavy atom. The fourth-order valence-corrected chi connectivity index (χ4v) is 2.41. The van der Waals surface area contributed by atoms with Crippen molar-refractivity contribution in [1.29, 1.82) is 0 Å². The van der Waals surface area contributed by atoms with Crippen molar-refractivity contribution in [1.82, 2.24) is 4.98 Å². The average Bonchev–Trinajstić information content (AvgIpc) is 2.75. The minimum atomic E-state index is -4.55. The first-order valence-electron chi connectivity index (χ1n) is 5.80. The summed E-state index contributed by atoms with van der Waals surface area (Å²) in [5.41, 5.74) is -1.75. The van der Waals surface area contributed by atoms with E-state index in [0.717, 1.165) is 18.6 Å². The van der Waals surface area contributed by atoms with Gasteiger partial charge in [-0.3, -0.25) is 0 Å². The second-order valence-electron chi connectivity index (χ2n) is 4.74. The fraction of sp³-hybridized carbons (Fsp3) is 0.583. The van der Waals surface area contributed by atoms with Gasteiger partial charge in [0.1, 0.15) is 17.0 Å². The Morgan fingerprint density at radius 3 is 2.63 bits per heavy atom. The highest BCUT2D eigenvalue weighted by molar-refractivity contribution is 6.30. The molecule has 1 aromatic heterocycles. The third kappa shape index (κ3) is 2.85. The maximum Gasteiger partial charge on any atom is 0.433 e. The van der Waals surface area contributed by atoms with Crippen molar-refractivity contribution in [3.05, 3.63) is 28.5 Å². The first-order chi connectivity index (χ1) is 8.74. The molecule has 2 unspecified atom stereocenters. The van der Waals surface area contributed by atoms with Crippen LogP contribution >= 0.6 is 11.6 Å². The maximum atomic E-state index is 12.5. The highest BCUT2D eigenvalue weighted by Gasteiger charge is 2.40. The summed E-state index contributed by atoms with van der Waals surface area (Å²) in [7, 11) is 0. The quantitative estimate of drug-likeness (QED) is 0.851. The van der Waals surface area contributed by atoms with E-state index in [2.05, 4.69) is 4.98 Å². The Hall–Kier alpha value is -0.850. The largest absolute Gasteiger partial charge is 0.433 e. The Kier molecular flexibility index (Phi) is 3.77. The van der Waals surface area contributed by atoms with Gasteiger partial charge in [0.05, 0.1) is 5.60 Å². The number of hydrogen-bond acceptors (Lipinski definition) is 3. The van der Waals surface area contributed by atoms with Gasteiger partial charge in [-0.1, -0.05) is 17.7 Å². The number of nitrogens with zero attached hydrogens (tertiary/aromatic N) is 1. The van der Waals surface area contributed by atoms with Crippen molar-refractivity contribution in [3.63, 3.8) is 0 Å². The van der Waals surface area contributed by atoms with Crippen molar-refractivity contribution in [2.75, 3.05) is 6.61 Å². The predicted molar refractivity (Wildman–Crippen MR) is 62.8 cm³/mol. The van der Waals surface area contributed by atoms with E-state index in [0.29, 0.717) is 13.0 Å². The van der Waals surface area contributed by atoms with Crippen molar-refractivity contribution in [2.45, 2.75) is 37.6 Å². The normalized spacial score (nSPS) is 25.6. The van der Waals surface area contributed by atoms with E-state index in [9.17, 15) is 18.3 Å². The molecule has 0 spiro atoms. The topological polar surface area (TPSA) is 42.4 Å². The van der Waals surface area contributed by atoms with E-state index in [-0.39, 0.29) is 10.7 Å². The van der Waals surface area contributed by atoms with Crippen LogP contribution in [0.4, 0.5) is 13.2 Å². The van der Waals surface area contributed by atoms with E-state index in [4.69, 9.17) is 16.3 Å². The predicted octanol–water partition coefficient (Wildman–Crippen LogP) is 3.36. The van der Waals surface area contributed by atoms with Gasteiger partial charge in [0.15, 0.2) is 0 Å². The van der Waals surface area contributed by atoms with E-state index in [1.54, 1.807) is 6.92 Å². The van der Waals surface area contributed by atoms with Gasteiger partial charge in [-0.2, -0.15) is 13.2 Å². The number of ether oxygens (including phenoxy) is 1. The molecule has 1 fully saturated rings. The van der Waals surface area contributed by atoms with Crippen LogP contribution in [0.1, 0.15) is 37.1 Å². The Bertz CT molecular complexity index is 473. The summed E-state index contributed by atoms with van der Waals surface area (Å²) >= 11 is 5.74. The lowest BCUT2D eigenvalue weighted by Crippen LogP contribution is -2.32. The van der Waals surface area contributed by atoms with Crippen molar-refractivity contribution in [3.8, 4) is 0 Å². The lowest BCUT2D eigenvalue weighted by Gasteiger charge is -2.29. The third-order valence-electron chi connectivity index (χ3n) is 3.29. The minimum Gasteiger partial charge on any atom is -0.385 e. The molecule has 7 heteroatoms. The van der Waals surface area contributed by atoms with Crippen LogP contribution in [-0.4, -0.2) is 22.3 Å². The Labute approximate surface area is 113 Å². The molecule has 2 atom stereocenters. The lowest BCUT2D eigenvalue weighted by atomic mass is 9.91. The summed E-state index contributed by atoms with van der Waals surface area (Å²) in [6.45, 7) is 2.22. The first kappa shape index (κ1) is 14.6. The number of aliphatic hydroxyl groups excluding tert-OH is 1. The summed E-state index contributed by atoms with van der Waals surface area (Å²) in [5, 5.41) is 9.88. The molecule has 0 radical (unpaired) electrons. The zero-order valence-electron chi connectivity index (χ0n) is 10.2. The lowest BCUT2D eigenvalue weighted by molar-refractivity contribution is -0.141. The number of aliphatic hydroxyl groups is 1. The minimum absolute atomic E-state index is 0.152. The molecule has 3 nitrogen and oxygen atoms in total. The molecule has 2 rings (SSSR count).